The van der Waals surface area contributed by atoms with Gasteiger partial charge >= 0.3 is 12.1 Å². The molecule has 0 bridgehead atoms. The summed E-state index contributed by atoms with van der Waals surface area (Å²) in [5.41, 5.74) is -3.24. The maximum absolute atomic E-state index is 15.2. The van der Waals surface area contributed by atoms with Crippen LogP contribution < -0.4 is 15.8 Å². The van der Waals surface area contributed by atoms with Crippen LogP contribution in [0.1, 0.15) is 41.0 Å². The molecule has 1 saturated heterocycles. The summed E-state index contributed by atoms with van der Waals surface area (Å²) in [7, 11) is 1.34. The van der Waals surface area contributed by atoms with Gasteiger partial charge in [-0.2, -0.15) is 13.2 Å². The van der Waals surface area contributed by atoms with E-state index in [9.17, 15) is 32.7 Å². The van der Waals surface area contributed by atoms with Gasteiger partial charge < -0.3 is 24.6 Å². The average Bonchev–Trinajstić information content (AvgIpc) is 3.00. The zero-order chi connectivity index (χ0) is 34.4. The third-order valence-corrected chi connectivity index (χ3v) is 8.33. The lowest BCUT2D eigenvalue weighted by Crippen LogP contribution is -2.47. The zero-order valence-electron chi connectivity index (χ0n) is 25.8. The van der Waals surface area contributed by atoms with Gasteiger partial charge in [-0.3, -0.25) is 14.6 Å². The Morgan fingerprint density at radius 3 is 2.45 bits per heavy atom. The van der Waals surface area contributed by atoms with Crippen LogP contribution in [0.2, 0.25) is 0 Å². The van der Waals surface area contributed by atoms with Crippen LogP contribution in [0.3, 0.4) is 0 Å². The number of amides is 1. The topological polar surface area (TPSA) is 114 Å². The van der Waals surface area contributed by atoms with E-state index in [-0.39, 0.29) is 45.6 Å². The number of nitrogens with zero attached hydrogens (tertiary/aromatic N) is 3. The number of carboxylic acid groups (broad SMARTS) is 1. The van der Waals surface area contributed by atoms with Crippen molar-refractivity contribution in [3.8, 4) is 11.1 Å². The van der Waals surface area contributed by atoms with Crippen LogP contribution in [0.5, 0.6) is 0 Å². The van der Waals surface area contributed by atoms with E-state index in [1.807, 2.05) is 13.8 Å². The number of halogens is 5. The van der Waals surface area contributed by atoms with Crippen LogP contribution >= 0.6 is 0 Å². The van der Waals surface area contributed by atoms with E-state index < -0.39 is 64.4 Å². The molecule has 3 heterocycles. The molecule has 2 aromatic carbocycles. The zero-order valence-corrected chi connectivity index (χ0v) is 25.8. The highest BCUT2D eigenvalue weighted by Crippen LogP contribution is 2.38. The summed E-state index contributed by atoms with van der Waals surface area (Å²) in [5.74, 6) is -5.21. The van der Waals surface area contributed by atoms with Crippen molar-refractivity contribution in [3.05, 3.63) is 93.0 Å². The fourth-order valence-corrected chi connectivity index (χ4v) is 5.77. The number of anilines is 1. The quantitative estimate of drug-likeness (QED) is 0.261. The van der Waals surface area contributed by atoms with Gasteiger partial charge in [0.25, 0.3) is 11.5 Å². The lowest BCUT2D eigenvalue weighted by atomic mass is 9.93. The number of aromatic nitrogens is 2. The van der Waals surface area contributed by atoms with Crippen molar-refractivity contribution in [2.24, 2.45) is 7.05 Å². The van der Waals surface area contributed by atoms with Gasteiger partial charge in [0.15, 0.2) is 0 Å². The number of carboxylic acids is 1. The number of aliphatic carboxylic acids is 1. The van der Waals surface area contributed by atoms with Crippen molar-refractivity contribution < 1.29 is 41.4 Å². The number of carbonyl (C=O) groups excluding carboxylic acids is 1. The molecule has 0 radical (unpaired) electrons. The van der Waals surface area contributed by atoms with Gasteiger partial charge in [-0.05, 0) is 50.6 Å². The minimum atomic E-state index is -4.87. The molecule has 5 rings (SSSR count). The summed E-state index contributed by atoms with van der Waals surface area (Å²) in [6.45, 7) is 5.71. The van der Waals surface area contributed by atoms with E-state index >= 15 is 8.78 Å². The standard InChI is InChI=1S/C33H31F5N4O5/c1-16-10-23(33(36,37)38)27(31(44)41(16)4)22-8-7-19(21-6-5-9-39-29(21)22)11-26(32(45)46)40-30(43)28-24(34)12-20(13-25(28)35)42-14-18(3)47-15-17(42)2/h5-10,12-13,17-18,26H,11,14-15H2,1-4H3,(H,40,43)(H,45,46)/t17-,18-,26-/m0/s1. The predicted octanol–water partition coefficient (Wildman–Crippen LogP) is 5.25. The Bertz CT molecular complexity index is 1920. The maximum Gasteiger partial charge on any atom is 0.417 e. The fraction of sp³-hybridized carbons (Fsp3) is 0.333. The first-order valence-electron chi connectivity index (χ1n) is 14.6. The number of aryl methyl sites for hydroxylation is 1. The van der Waals surface area contributed by atoms with Gasteiger partial charge in [0.2, 0.25) is 0 Å². The minimum Gasteiger partial charge on any atom is -0.480 e. The number of fused-ring (bicyclic) bond motifs is 1. The number of carbonyl (C=O) groups is 2. The molecule has 2 aromatic heterocycles. The SMILES string of the molecule is Cc1cc(C(F)(F)F)c(-c2ccc(C[C@H](NC(=O)c3c(F)cc(N4C[C@H](C)OC[C@@H]4C)cc3F)C(=O)O)c3cccnc23)c(=O)n1C. The molecule has 2 N–H and O–H groups in total. The van der Waals surface area contributed by atoms with Gasteiger partial charge in [-0.25, -0.2) is 13.6 Å². The summed E-state index contributed by atoms with van der Waals surface area (Å²) in [6.07, 6.45) is -4.17. The third kappa shape index (κ3) is 6.55. The van der Waals surface area contributed by atoms with Crippen molar-refractivity contribution in [3.63, 3.8) is 0 Å². The van der Waals surface area contributed by atoms with Crippen LogP contribution in [0.4, 0.5) is 27.6 Å². The van der Waals surface area contributed by atoms with E-state index in [1.165, 1.54) is 44.4 Å². The number of alkyl halides is 3. The normalized spacial score (nSPS) is 17.5. The van der Waals surface area contributed by atoms with Crippen LogP contribution in [0.15, 0.2) is 53.5 Å². The molecule has 0 saturated carbocycles. The first kappa shape index (κ1) is 33.5. The molecule has 1 fully saturated rings. The molecule has 4 aromatic rings. The lowest BCUT2D eigenvalue weighted by Gasteiger charge is -2.38. The molecule has 1 aliphatic rings. The number of pyridine rings is 2. The van der Waals surface area contributed by atoms with E-state index in [0.717, 1.165) is 22.8 Å². The Hall–Kier alpha value is -4.85. The molecular formula is C33H31F5N4O5. The Morgan fingerprint density at radius 1 is 1.13 bits per heavy atom. The summed E-state index contributed by atoms with van der Waals surface area (Å²) in [6, 6.07) is 6.51. The third-order valence-electron chi connectivity index (χ3n) is 8.33. The van der Waals surface area contributed by atoms with Crippen molar-refractivity contribution in [2.45, 2.75) is 51.6 Å². The molecule has 0 aliphatic carbocycles. The molecule has 47 heavy (non-hydrogen) atoms. The highest BCUT2D eigenvalue weighted by atomic mass is 19.4. The molecule has 14 heteroatoms. The largest absolute Gasteiger partial charge is 0.480 e. The van der Waals surface area contributed by atoms with Gasteiger partial charge in [0.1, 0.15) is 23.2 Å². The first-order valence-corrected chi connectivity index (χ1v) is 14.6. The highest BCUT2D eigenvalue weighted by molar-refractivity contribution is 5.99. The molecule has 0 unspecified atom stereocenters. The molecule has 9 nitrogen and oxygen atoms in total. The van der Waals surface area contributed by atoms with Crippen LogP contribution in [-0.4, -0.2) is 57.9 Å². The second-order valence-electron chi connectivity index (χ2n) is 11.6. The molecule has 1 aliphatic heterocycles. The van der Waals surface area contributed by atoms with Gasteiger partial charge in [-0.15, -0.1) is 0 Å². The Labute approximate surface area is 265 Å². The van der Waals surface area contributed by atoms with Crippen LogP contribution in [-0.2, 0) is 29.2 Å². The molecule has 0 spiro atoms. The number of hydrogen-bond donors (Lipinski definition) is 2. The highest BCUT2D eigenvalue weighted by Gasteiger charge is 2.37. The Morgan fingerprint density at radius 2 is 1.81 bits per heavy atom. The lowest BCUT2D eigenvalue weighted by molar-refractivity contribution is -0.139. The molecular weight excluding hydrogens is 627 g/mol. The van der Waals surface area contributed by atoms with E-state index in [2.05, 4.69) is 10.3 Å². The number of rotatable bonds is 7. The number of hydrogen-bond acceptors (Lipinski definition) is 6. The molecule has 248 valence electrons. The summed E-state index contributed by atoms with van der Waals surface area (Å²) in [5, 5.41) is 12.3. The first-order chi connectivity index (χ1) is 22.1. The Kier molecular flexibility index (Phi) is 9.09. The fourth-order valence-electron chi connectivity index (χ4n) is 5.77. The van der Waals surface area contributed by atoms with E-state index in [4.69, 9.17) is 4.74 Å². The molecule has 3 atom stereocenters. The molecule has 1 amide bonds. The van der Waals surface area contributed by atoms with Crippen molar-refractivity contribution >= 4 is 28.5 Å². The van der Waals surface area contributed by atoms with Crippen molar-refractivity contribution in [1.82, 2.24) is 14.9 Å². The predicted molar refractivity (Wildman–Crippen MR) is 163 cm³/mol. The van der Waals surface area contributed by atoms with Crippen molar-refractivity contribution in [2.75, 3.05) is 18.1 Å². The number of ether oxygens (including phenoxy) is 1. The Balaban J connectivity index is 1.49. The van der Waals surface area contributed by atoms with Gasteiger partial charge in [-0.1, -0.05) is 18.2 Å². The van der Waals surface area contributed by atoms with Crippen molar-refractivity contribution in [1.29, 1.82) is 0 Å². The number of nitrogens with one attached hydrogen (secondary N) is 1. The average molecular weight is 659 g/mol. The smallest absolute Gasteiger partial charge is 0.417 e. The number of morpholine rings is 1. The van der Waals surface area contributed by atoms with Gasteiger partial charge in [0.05, 0.1) is 29.4 Å². The summed E-state index contributed by atoms with van der Waals surface area (Å²) in [4.78, 5) is 44.4. The van der Waals surface area contributed by atoms with Gasteiger partial charge in [0, 0.05) is 54.6 Å². The van der Waals surface area contributed by atoms with Crippen LogP contribution in [0.25, 0.3) is 22.0 Å². The monoisotopic (exact) mass is 658 g/mol. The number of benzene rings is 2. The van der Waals surface area contributed by atoms with E-state index in [0.29, 0.717) is 13.2 Å². The minimum absolute atomic E-state index is 0.00810. The summed E-state index contributed by atoms with van der Waals surface area (Å²) < 4.78 is 79.4. The second-order valence-corrected chi connectivity index (χ2v) is 11.6. The maximum atomic E-state index is 15.2. The van der Waals surface area contributed by atoms with E-state index in [1.54, 1.807) is 4.90 Å². The second kappa shape index (κ2) is 12.7. The van der Waals surface area contributed by atoms with Crippen LogP contribution in [0, 0.1) is 18.6 Å². The summed E-state index contributed by atoms with van der Waals surface area (Å²) >= 11 is 0.